The lowest BCUT2D eigenvalue weighted by molar-refractivity contribution is 0.198. The number of benzene rings is 1. The molecule has 4 heteroatoms. The van der Waals surface area contributed by atoms with Crippen molar-refractivity contribution >= 4 is 31.9 Å². The van der Waals surface area contributed by atoms with Gasteiger partial charge in [0.1, 0.15) is 0 Å². The lowest BCUT2D eigenvalue weighted by Gasteiger charge is -2.17. The molecular weight excluding hydrogens is 336 g/mol. The van der Waals surface area contributed by atoms with Crippen LogP contribution in [0.2, 0.25) is 0 Å². The maximum absolute atomic E-state index is 5.71. The van der Waals surface area contributed by atoms with Gasteiger partial charge in [-0.15, -0.1) is 0 Å². The Hall–Kier alpha value is -0.220. The van der Waals surface area contributed by atoms with Crippen LogP contribution in [0.5, 0.6) is 11.5 Å². The molecule has 2 nitrogen and oxygen atoms in total. The summed E-state index contributed by atoms with van der Waals surface area (Å²) in [5.41, 5.74) is 0. The van der Waals surface area contributed by atoms with Crippen molar-refractivity contribution in [3.63, 3.8) is 0 Å². The van der Waals surface area contributed by atoms with Crippen molar-refractivity contribution in [3.8, 4) is 11.5 Å². The van der Waals surface area contributed by atoms with E-state index < -0.39 is 0 Å². The van der Waals surface area contributed by atoms with E-state index in [9.17, 15) is 0 Å². The van der Waals surface area contributed by atoms with E-state index in [0.29, 0.717) is 0 Å². The molecule has 1 aromatic rings. The quantitative estimate of drug-likeness (QED) is 0.776. The first-order chi connectivity index (χ1) is 7.40. The van der Waals surface area contributed by atoms with Crippen molar-refractivity contribution in [2.75, 3.05) is 0 Å². The average molecular weight is 352 g/mol. The standard InChI is InChI=1S/C12H16Br2O2/c1-7(2)15-11-5-9(13)10(14)6-12(11)16-8(3)4/h5-8H,1-4H3. The van der Waals surface area contributed by atoms with Crippen molar-refractivity contribution in [2.24, 2.45) is 0 Å². The summed E-state index contributed by atoms with van der Waals surface area (Å²) in [5, 5.41) is 0. The molecule has 1 rings (SSSR count). The summed E-state index contributed by atoms with van der Waals surface area (Å²) < 4.78 is 13.3. The van der Waals surface area contributed by atoms with Crippen LogP contribution < -0.4 is 9.47 Å². The Labute approximate surface area is 114 Å². The van der Waals surface area contributed by atoms with E-state index in [0.717, 1.165) is 20.4 Å². The van der Waals surface area contributed by atoms with E-state index in [2.05, 4.69) is 31.9 Å². The first-order valence-electron chi connectivity index (χ1n) is 5.22. The van der Waals surface area contributed by atoms with Crippen molar-refractivity contribution in [2.45, 2.75) is 39.9 Å². The van der Waals surface area contributed by atoms with Crippen LogP contribution in [-0.2, 0) is 0 Å². The third kappa shape index (κ3) is 3.98. The van der Waals surface area contributed by atoms with E-state index in [1.165, 1.54) is 0 Å². The van der Waals surface area contributed by atoms with Crippen LogP contribution in [0.25, 0.3) is 0 Å². The predicted molar refractivity (Wildman–Crippen MR) is 73.4 cm³/mol. The topological polar surface area (TPSA) is 18.5 Å². The molecule has 0 aliphatic carbocycles. The number of hydrogen-bond acceptors (Lipinski definition) is 2. The van der Waals surface area contributed by atoms with Gasteiger partial charge < -0.3 is 9.47 Å². The lowest BCUT2D eigenvalue weighted by Crippen LogP contribution is -2.10. The largest absolute Gasteiger partial charge is 0.487 e. The number of halogens is 2. The van der Waals surface area contributed by atoms with Gasteiger partial charge in [0.15, 0.2) is 11.5 Å². The fourth-order valence-corrected chi connectivity index (χ4v) is 1.85. The number of hydrogen-bond donors (Lipinski definition) is 0. The maximum atomic E-state index is 5.71. The van der Waals surface area contributed by atoms with Gasteiger partial charge in [0.2, 0.25) is 0 Å². The molecule has 0 spiro atoms. The number of ether oxygens (including phenoxy) is 2. The maximum Gasteiger partial charge on any atom is 0.162 e. The second kappa shape index (κ2) is 5.92. The minimum Gasteiger partial charge on any atom is -0.487 e. The van der Waals surface area contributed by atoms with Crippen molar-refractivity contribution < 1.29 is 9.47 Å². The third-order valence-corrected chi connectivity index (χ3v) is 3.56. The molecule has 0 aliphatic heterocycles. The molecule has 0 aromatic heterocycles. The van der Waals surface area contributed by atoms with Gasteiger partial charge in [-0.05, 0) is 71.7 Å². The summed E-state index contributed by atoms with van der Waals surface area (Å²) >= 11 is 6.91. The summed E-state index contributed by atoms with van der Waals surface area (Å²) in [6.45, 7) is 7.98. The molecular formula is C12H16Br2O2. The van der Waals surface area contributed by atoms with E-state index in [1.54, 1.807) is 0 Å². The van der Waals surface area contributed by atoms with Crippen LogP contribution in [0.4, 0.5) is 0 Å². The summed E-state index contributed by atoms with van der Waals surface area (Å²) in [7, 11) is 0. The highest BCUT2D eigenvalue weighted by molar-refractivity contribution is 9.13. The molecule has 16 heavy (non-hydrogen) atoms. The number of rotatable bonds is 4. The van der Waals surface area contributed by atoms with Gasteiger partial charge in [-0.1, -0.05) is 0 Å². The van der Waals surface area contributed by atoms with Crippen molar-refractivity contribution in [1.82, 2.24) is 0 Å². The van der Waals surface area contributed by atoms with Gasteiger partial charge in [0, 0.05) is 8.95 Å². The highest BCUT2D eigenvalue weighted by atomic mass is 79.9. The van der Waals surface area contributed by atoms with Gasteiger partial charge in [0.05, 0.1) is 12.2 Å². The highest BCUT2D eigenvalue weighted by Crippen LogP contribution is 2.37. The normalized spacial score (nSPS) is 11.0. The monoisotopic (exact) mass is 350 g/mol. The molecule has 0 bridgehead atoms. The zero-order chi connectivity index (χ0) is 12.3. The van der Waals surface area contributed by atoms with E-state index in [-0.39, 0.29) is 12.2 Å². The van der Waals surface area contributed by atoms with Crippen LogP contribution in [0.1, 0.15) is 27.7 Å². The van der Waals surface area contributed by atoms with Gasteiger partial charge in [-0.25, -0.2) is 0 Å². The van der Waals surface area contributed by atoms with E-state index in [1.807, 2.05) is 39.8 Å². The second-order valence-corrected chi connectivity index (χ2v) is 5.75. The lowest BCUT2D eigenvalue weighted by atomic mass is 10.3. The fourth-order valence-electron chi connectivity index (χ4n) is 1.20. The molecule has 0 saturated carbocycles. The van der Waals surface area contributed by atoms with E-state index in [4.69, 9.17) is 9.47 Å². The molecule has 0 atom stereocenters. The van der Waals surface area contributed by atoms with Gasteiger partial charge in [-0.3, -0.25) is 0 Å². The Morgan fingerprint density at radius 1 is 0.812 bits per heavy atom. The Balaban J connectivity index is 3.06. The fraction of sp³-hybridized carbons (Fsp3) is 0.500. The molecule has 0 unspecified atom stereocenters. The molecule has 0 saturated heterocycles. The van der Waals surface area contributed by atoms with Crippen LogP contribution in [0.3, 0.4) is 0 Å². The molecule has 1 aromatic carbocycles. The van der Waals surface area contributed by atoms with Crippen LogP contribution in [-0.4, -0.2) is 12.2 Å². The van der Waals surface area contributed by atoms with Crippen LogP contribution in [0, 0.1) is 0 Å². The predicted octanol–water partition coefficient (Wildman–Crippen LogP) is 4.79. The third-order valence-electron chi connectivity index (χ3n) is 1.71. The smallest absolute Gasteiger partial charge is 0.162 e. The summed E-state index contributed by atoms with van der Waals surface area (Å²) in [6.07, 6.45) is 0.255. The van der Waals surface area contributed by atoms with Gasteiger partial charge in [0.25, 0.3) is 0 Å². The molecule has 0 amide bonds. The average Bonchev–Trinajstić information content (AvgIpc) is 2.11. The molecule has 90 valence electrons. The molecule has 0 N–H and O–H groups in total. The zero-order valence-corrected chi connectivity index (χ0v) is 13.1. The Morgan fingerprint density at radius 3 is 1.38 bits per heavy atom. The SMILES string of the molecule is CC(C)Oc1cc(Br)c(Br)cc1OC(C)C. The summed E-state index contributed by atoms with van der Waals surface area (Å²) in [6, 6.07) is 3.84. The van der Waals surface area contributed by atoms with Crippen molar-refractivity contribution in [1.29, 1.82) is 0 Å². The van der Waals surface area contributed by atoms with Gasteiger partial charge >= 0.3 is 0 Å². The Kier molecular flexibility index (Phi) is 5.12. The molecule has 0 heterocycles. The molecule has 0 radical (unpaired) electrons. The van der Waals surface area contributed by atoms with Crippen LogP contribution in [0.15, 0.2) is 21.1 Å². The van der Waals surface area contributed by atoms with Gasteiger partial charge in [-0.2, -0.15) is 0 Å². The first-order valence-corrected chi connectivity index (χ1v) is 6.81. The highest BCUT2D eigenvalue weighted by Gasteiger charge is 2.12. The molecule has 0 aliphatic rings. The first kappa shape index (κ1) is 13.8. The molecule has 0 fully saturated rings. The zero-order valence-electron chi connectivity index (χ0n) is 9.88. The second-order valence-electron chi connectivity index (χ2n) is 4.05. The Morgan fingerprint density at radius 2 is 1.12 bits per heavy atom. The minimum absolute atomic E-state index is 0.127. The van der Waals surface area contributed by atoms with E-state index >= 15 is 0 Å². The van der Waals surface area contributed by atoms with Crippen LogP contribution >= 0.6 is 31.9 Å². The minimum atomic E-state index is 0.127. The van der Waals surface area contributed by atoms with Crippen molar-refractivity contribution in [3.05, 3.63) is 21.1 Å². The summed E-state index contributed by atoms with van der Waals surface area (Å²) in [4.78, 5) is 0. The summed E-state index contributed by atoms with van der Waals surface area (Å²) in [5.74, 6) is 1.53. The Bertz CT molecular complexity index is 327.